The van der Waals surface area contributed by atoms with E-state index in [0.717, 1.165) is 0 Å². The number of hydrogen-bond donors (Lipinski definition) is 5. The second kappa shape index (κ2) is 5.25. The zero-order valence-corrected chi connectivity index (χ0v) is 12.6. The molecule has 3 rings (SSSR count). The standard InChI is InChI=1S/C11H14N5O6P/c12-10-14-8-7(9(18)15-10)13-5-16(8)2-6-1-11(6,3-17)4-22-23(19,20)21/h2,5,17H,1,3-4H2,(H2,19,20,21)(H3,12,14,15,18)/b6-2-/t11-/m0/s1. The number of H-pyrrole nitrogens is 1. The molecular weight excluding hydrogens is 329 g/mol. The molecule has 0 unspecified atom stereocenters. The summed E-state index contributed by atoms with van der Waals surface area (Å²) >= 11 is 0. The maximum Gasteiger partial charge on any atom is 0.469 e. The molecule has 1 aliphatic rings. The molecule has 0 aromatic carbocycles. The largest absolute Gasteiger partial charge is 0.469 e. The summed E-state index contributed by atoms with van der Waals surface area (Å²) in [6.45, 7) is -0.649. The number of aliphatic hydroxyl groups is 1. The smallest absolute Gasteiger partial charge is 0.395 e. The average Bonchev–Trinajstić information content (AvgIpc) is 3.00. The van der Waals surface area contributed by atoms with Crippen LogP contribution in [0.3, 0.4) is 0 Å². The molecule has 2 heterocycles. The number of phosphoric ester groups is 1. The second-order valence-electron chi connectivity index (χ2n) is 5.31. The molecule has 0 saturated heterocycles. The molecule has 0 spiro atoms. The van der Waals surface area contributed by atoms with E-state index in [4.69, 9.17) is 15.5 Å². The number of nitrogen functional groups attached to an aromatic ring is 1. The number of aliphatic hydroxyl groups excluding tert-OH is 1. The van der Waals surface area contributed by atoms with Crippen LogP contribution in [0.25, 0.3) is 17.4 Å². The van der Waals surface area contributed by atoms with Gasteiger partial charge in [-0.1, -0.05) is 0 Å². The Kier molecular flexibility index (Phi) is 3.62. The van der Waals surface area contributed by atoms with E-state index in [0.29, 0.717) is 12.0 Å². The highest BCUT2D eigenvalue weighted by atomic mass is 31.2. The number of rotatable bonds is 5. The number of aromatic amines is 1. The third kappa shape index (κ3) is 3.05. The molecule has 0 aliphatic heterocycles. The number of nitrogens with two attached hydrogens (primary N) is 1. The van der Waals surface area contributed by atoms with Gasteiger partial charge < -0.3 is 20.6 Å². The van der Waals surface area contributed by atoms with Gasteiger partial charge in [-0.3, -0.25) is 18.9 Å². The van der Waals surface area contributed by atoms with Crippen molar-refractivity contribution in [3.8, 4) is 0 Å². The van der Waals surface area contributed by atoms with Crippen LogP contribution in [0.1, 0.15) is 6.42 Å². The Balaban J connectivity index is 1.91. The Morgan fingerprint density at radius 3 is 2.96 bits per heavy atom. The maximum atomic E-state index is 11.7. The van der Waals surface area contributed by atoms with Crippen LogP contribution >= 0.6 is 7.82 Å². The Morgan fingerprint density at radius 2 is 2.30 bits per heavy atom. The van der Waals surface area contributed by atoms with E-state index in [1.54, 1.807) is 6.20 Å². The third-order valence-corrected chi connectivity index (χ3v) is 4.11. The van der Waals surface area contributed by atoms with Gasteiger partial charge in [0.15, 0.2) is 11.2 Å². The van der Waals surface area contributed by atoms with E-state index in [9.17, 15) is 14.5 Å². The number of fused-ring (bicyclic) bond motifs is 1. The normalized spacial score (nSPS) is 22.8. The Hall–Kier alpha value is -2.04. The first kappa shape index (κ1) is 15.8. The molecule has 12 heteroatoms. The fourth-order valence-corrected chi connectivity index (χ4v) is 2.68. The summed E-state index contributed by atoms with van der Waals surface area (Å²) in [4.78, 5) is 39.5. The third-order valence-electron chi connectivity index (χ3n) is 3.64. The summed E-state index contributed by atoms with van der Waals surface area (Å²) in [6, 6.07) is 0. The molecule has 0 radical (unpaired) electrons. The van der Waals surface area contributed by atoms with Crippen molar-refractivity contribution in [3.05, 3.63) is 22.3 Å². The first-order chi connectivity index (χ1) is 10.7. The van der Waals surface area contributed by atoms with Crippen LogP contribution in [0.5, 0.6) is 0 Å². The van der Waals surface area contributed by atoms with Gasteiger partial charge in [0.2, 0.25) is 5.95 Å². The Morgan fingerprint density at radius 1 is 1.57 bits per heavy atom. The van der Waals surface area contributed by atoms with Crippen LogP contribution in [-0.4, -0.2) is 47.6 Å². The van der Waals surface area contributed by atoms with Gasteiger partial charge in [0.1, 0.15) is 6.33 Å². The molecule has 1 aliphatic carbocycles. The number of phosphoric acid groups is 1. The predicted octanol–water partition coefficient (Wildman–Crippen LogP) is -0.966. The number of aromatic nitrogens is 4. The van der Waals surface area contributed by atoms with Crippen molar-refractivity contribution in [2.45, 2.75) is 6.42 Å². The highest BCUT2D eigenvalue weighted by Gasteiger charge is 2.50. The number of nitrogens with zero attached hydrogens (tertiary/aromatic N) is 3. The van der Waals surface area contributed by atoms with Crippen molar-refractivity contribution in [1.29, 1.82) is 0 Å². The van der Waals surface area contributed by atoms with E-state index in [2.05, 4.69) is 19.5 Å². The lowest BCUT2D eigenvalue weighted by atomic mass is 10.1. The molecule has 124 valence electrons. The van der Waals surface area contributed by atoms with E-state index >= 15 is 0 Å². The van der Waals surface area contributed by atoms with Crippen LogP contribution in [-0.2, 0) is 9.09 Å². The summed E-state index contributed by atoms with van der Waals surface area (Å²) in [5.74, 6) is -0.0586. The summed E-state index contributed by atoms with van der Waals surface area (Å²) in [7, 11) is -4.62. The van der Waals surface area contributed by atoms with Crippen molar-refractivity contribution in [3.63, 3.8) is 0 Å². The van der Waals surface area contributed by atoms with Gasteiger partial charge in [-0.25, -0.2) is 9.55 Å². The zero-order valence-electron chi connectivity index (χ0n) is 11.7. The molecule has 6 N–H and O–H groups in total. The number of anilines is 1. The van der Waals surface area contributed by atoms with Gasteiger partial charge in [0.05, 0.1) is 13.2 Å². The van der Waals surface area contributed by atoms with E-state index in [1.807, 2.05) is 0 Å². The maximum absolute atomic E-state index is 11.7. The van der Waals surface area contributed by atoms with Crippen LogP contribution in [0.2, 0.25) is 0 Å². The van der Waals surface area contributed by atoms with Gasteiger partial charge in [-0.15, -0.1) is 0 Å². The molecule has 1 fully saturated rings. The first-order valence-corrected chi connectivity index (χ1v) is 8.02. The van der Waals surface area contributed by atoms with Crippen molar-refractivity contribution in [1.82, 2.24) is 19.5 Å². The van der Waals surface area contributed by atoms with Gasteiger partial charge in [-0.2, -0.15) is 4.98 Å². The predicted molar refractivity (Wildman–Crippen MR) is 79.0 cm³/mol. The molecule has 23 heavy (non-hydrogen) atoms. The SMILES string of the molecule is Nc1nc2c(ncn2/C=C2/C[C@]2(CO)COP(=O)(O)O)c(=O)[nH]1. The molecule has 11 nitrogen and oxygen atoms in total. The summed E-state index contributed by atoms with van der Waals surface area (Å²) < 4.78 is 16.7. The fourth-order valence-electron chi connectivity index (χ4n) is 2.26. The van der Waals surface area contributed by atoms with Crippen molar-refractivity contribution >= 4 is 31.1 Å². The summed E-state index contributed by atoms with van der Waals surface area (Å²) in [5, 5.41) is 9.46. The molecule has 2 aromatic rings. The molecule has 1 saturated carbocycles. The van der Waals surface area contributed by atoms with Crippen molar-refractivity contribution in [2.75, 3.05) is 18.9 Å². The minimum atomic E-state index is -4.62. The van der Waals surface area contributed by atoms with E-state index in [1.165, 1.54) is 10.9 Å². The van der Waals surface area contributed by atoms with E-state index < -0.39 is 18.8 Å². The van der Waals surface area contributed by atoms with Crippen LogP contribution < -0.4 is 11.3 Å². The van der Waals surface area contributed by atoms with Gasteiger partial charge in [0, 0.05) is 11.6 Å². The summed E-state index contributed by atoms with van der Waals surface area (Å²) in [6.07, 6.45) is 3.34. The Bertz CT molecular complexity index is 898. The highest BCUT2D eigenvalue weighted by Crippen LogP contribution is 2.54. The zero-order chi connectivity index (χ0) is 16.8. The fraction of sp³-hybridized carbons (Fsp3) is 0.364. The molecule has 0 bridgehead atoms. The second-order valence-corrected chi connectivity index (χ2v) is 6.55. The molecule has 0 amide bonds. The number of hydrogen-bond acceptors (Lipinski definition) is 7. The topological polar surface area (TPSA) is 177 Å². The van der Waals surface area contributed by atoms with Gasteiger partial charge in [-0.05, 0) is 12.0 Å². The van der Waals surface area contributed by atoms with Crippen LogP contribution in [0, 0.1) is 5.41 Å². The monoisotopic (exact) mass is 343 g/mol. The molecular formula is C11H14N5O6P. The van der Waals surface area contributed by atoms with Crippen molar-refractivity contribution < 1.29 is 24.0 Å². The summed E-state index contributed by atoms with van der Waals surface area (Å²) in [5.41, 5.74) is 5.21. The van der Waals surface area contributed by atoms with E-state index in [-0.39, 0.29) is 30.3 Å². The van der Waals surface area contributed by atoms with Crippen molar-refractivity contribution in [2.24, 2.45) is 5.41 Å². The molecule has 2 aromatic heterocycles. The first-order valence-electron chi connectivity index (χ1n) is 6.48. The average molecular weight is 343 g/mol. The number of nitrogens with one attached hydrogen (secondary N) is 1. The Labute approximate surface area is 128 Å². The van der Waals surface area contributed by atoms with Crippen LogP contribution in [0.4, 0.5) is 5.95 Å². The quantitative estimate of drug-likeness (QED) is 0.427. The van der Waals surface area contributed by atoms with Gasteiger partial charge in [0.25, 0.3) is 5.56 Å². The van der Waals surface area contributed by atoms with Crippen LogP contribution in [0.15, 0.2) is 16.7 Å². The number of imidazole rings is 1. The highest BCUT2D eigenvalue weighted by molar-refractivity contribution is 7.46. The minimum Gasteiger partial charge on any atom is -0.395 e. The van der Waals surface area contributed by atoms with Gasteiger partial charge >= 0.3 is 7.82 Å². The lowest BCUT2D eigenvalue weighted by molar-refractivity contribution is 0.124. The minimum absolute atomic E-state index is 0.0586. The molecule has 1 atom stereocenters. The lowest BCUT2D eigenvalue weighted by Crippen LogP contribution is -2.15. The lowest BCUT2D eigenvalue weighted by Gasteiger charge is -2.12.